The van der Waals surface area contributed by atoms with Crippen LogP contribution in [0.5, 0.6) is 0 Å². The number of likely N-dealkylation sites (tertiary alicyclic amines) is 1. The molecule has 0 N–H and O–H groups in total. The minimum absolute atomic E-state index is 0.444. The lowest BCUT2D eigenvalue weighted by molar-refractivity contribution is 0.176. The second kappa shape index (κ2) is 3.90. The second-order valence-electron chi connectivity index (χ2n) is 4.83. The van der Waals surface area contributed by atoms with E-state index in [-0.39, 0.29) is 0 Å². The summed E-state index contributed by atoms with van der Waals surface area (Å²) >= 11 is 0. The molecule has 0 aromatic carbocycles. The first-order valence-corrected chi connectivity index (χ1v) is 5.83. The SMILES string of the molecule is C=C(C)/C=C\C1(N2CCCCC2)CC1. The molecule has 0 atom stereocenters. The Morgan fingerprint density at radius 1 is 1.21 bits per heavy atom. The Hall–Kier alpha value is -0.560. The average Bonchev–Trinajstić information content (AvgIpc) is 2.97. The smallest absolute Gasteiger partial charge is 0.0396 e. The predicted molar refractivity (Wildman–Crippen MR) is 61.3 cm³/mol. The van der Waals surface area contributed by atoms with Gasteiger partial charge in [0.25, 0.3) is 0 Å². The zero-order valence-electron chi connectivity index (χ0n) is 9.26. The number of rotatable bonds is 3. The van der Waals surface area contributed by atoms with Crippen LogP contribution in [0.4, 0.5) is 0 Å². The second-order valence-corrected chi connectivity index (χ2v) is 4.83. The Balaban J connectivity index is 1.97. The Kier molecular flexibility index (Phi) is 2.78. The van der Waals surface area contributed by atoms with Crippen LogP contribution in [0.25, 0.3) is 0 Å². The summed E-state index contributed by atoms with van der Waals surface area (Å²) in [7, 11) is 0. The molecule has 0 radical (unpaired) electrons. The molecule has 0 bridgehead atoms. The zero-order chi connectivity index (χ0) is 10.0. The van der Waals surface area contributed by atoms with Crippen LogP contribution < -0.4 is 0 Å². The molecule has 0 aromatic heterocycles. The monoisotopic (exact) mass is 191 g/mol. The molecule has 0 unspecified atom stereocenters. The molecule has 1 aliphatic carbocycles. The van der Waals surface area contributed by atoms with E-state index in [1.807, 2.05) is 0 Å². The van der Waals surface area contributed by atoms with E-state index < -0.39 is 0 Å². The van der Waals surface area contributed by atoms with Crippen molar-refractivity contribution < 1.29 is 0 Å². The first kappa shape index (κ1) is 9.97. The van der Waals surface area contributed by atoms with Gasteiger partial charge in [-0.25, -0.2) is 0 Å². The van der Waals surface area contributed by atoms with Gasteiger partial charge in [0.05, 0.1) is 0 Å². The number of hydrogen-bond donors (Lipinski definition) is 0. The summed E-state index contributed by atoms with van der Waals surface area (Å²) in [5.74, 6) is 0. The molecule has 14 heavy (non-hydrogen) atoms. The van der Waals surface area contributed by atoms with Gasteiger partial charge in [-0.15, -0.1) is 0 Å². The molecule has 2 rings (SSSR count). The average molecular weight is 191 g/mol. The van der Waals surface area contributed by atoms with Gasteiger partial charge in [0.2, 0.25) is 0 Å². The summed E-state index contributed by atoms with van der Waals surface area (Å²) in [4.78, 5) is 2.68. The van der Waals surface area contributed by atoms with Crippen LogP contribution >= 0.6 is 0 Å². The van der Waals surface area contributed by atoms with Gasteiger partial charge in [0.15, 0.2) is 0 Å². The third-order valence-corrected chi connectivity index (χ3v) is 3.43. The zero-order valence-corrected chi connectivity index (χ0v) is 9.26. The first-order chi connectivity index (χ1) is 6.73. The van der Waals surface area contributed by atoms with Gasteiger partial charge in [-0.2, -0.15) is 0 Å². The highest BCUT2D eigenvalue weighted by Crippen LogP contribution is 2.44. The Morgan fingerprint density at radius 2 is 1.86 bits per heavy atom. The quantitative estimate of drug-likeness (QED) is 0.619. The maximum absolute atomic E-state index is 3.93. The molecule has 1 saturated carbocycles. The van der Waals surface area contributed by atoms with Crippen LogP contribution in [0, 0.1) is 0 Å². The molecule has 1 heterocycles. The summed E-state index contributed by atoms with van der Waals surface area (Å²) < 4.78 is 0. The number of allylic oxidation sites excluding steroid dienone is 2. The lowest BCUT2D eigenvalue weighted by Gasteiger charge is -2.33. The summed E-state index contributed by atoms with van der Waals surface area (Å²) in [6.45, 7) is 8.61. The van der Waals surface area contributed by atoms with Crippen molar-refractivity contribution in [1.82, 2.24) is 4.90 Å². The lowest BCUT2D eigenvalue weighted by Crippen LogP contribution is -2.39. The maximum atomic E-state index is 3.93. The Morgan fingerprint density at radius 3 is 2.36 bits per heavy atom. The van der Waals surface area contributed by atoms with Crippen LogP contribution in [0.2, 0.25) is 0 Å². The van der Waals surface area contributed by atoms with E-state index >= 15 is 0 Å². The normalized spacial score (nSPS) is 26.6. The van der Waals surface area contributed by atoms with Crippen molar-refractivity contribution in [2.24, 2.45) is 0 Å². The van der Waals surface area contributed by atoms with Gasteiger partial charge in [0.1, 0.15) is 0 Å². The van der Waals surface area contributed by atoms with Crippen molar-refractivity contribution in [2.75, 3.05) is 13.1 Å². The fourth-order valence-electron chi connectivity index (χ4n) is 2.35. The van der Waals surface area contributed by atoms with Gasteiger partial charge >= 0.3 is 0 Å². The molecule has 2 aliphatic rings. The van der Waals surface area contributed by atoms with Crippen LogP contribution in [0.1, 0.15) is 39.0 Å². The van der Waals surface area contributed by atoms with Gasteiger partial charge in [0, 0.05) is 5.54 Å². The predicted octanol–water partition coefficient (Wildman–Crippen LogP) is 3.14. The van der Waals surface area contributed by atoms with E-state index in [0.29, 0.717) is 5.54 Å². The Bertz CT molecular complexity index is 242. The molecule has 1 aliphatic heterocycles. The molecular weight excluding hydrogens is 170 g/mol. The van der Waals surface area contributed by atoms with Crippen LogP contribution in [-0.4, -0.2) is 23.5 Å². The fourth-order valence-corrected chi connectivity index (χ4v) is 2.35. The van der Waals surface area contributed by atoms with Crippen LogP contribution in [0.15, 0.2) is 24.3 Å². The molecule has 0 aromatic rings. The first-order valence-electron chi connectivity index (χ1n) is 5.83. The van der Waals surface area contributed by atoms with E-state index in [0.717, 1.165) is 0 Å². The van der Waals surface area contributed by atoms with Gasteiger partial charge in [-0.05, 0) is 45.7 Å². The van der Waals surface area contributed by atoms with Crippen molar-refractivity contribution in [3.8, 4) is 0 Å². The number of piperidine rings is 1. The highest BCUT2D eigenvalue weighted by atomic mass is 15.2. The Labute approximate surface area is 87.5 Å². The summed E-state index contributed by atoms with van der Waals surface area (Å²) in [6, 6.07) is 0. The summed E-state index contributed by atoms with van der Waals surface area (Å²) in [5.41, 5.74) is 1.62. The topological polar surface area (TPSA) is 3.24 Å². The van der Waals surface area contributed by atoms with Crippen molar-refractivity contribution in [2.45, 2.75) is 44.6 Å². The van der Waals surface area contributed by atoms with E-state index in [4.69, 9.17) is 0 Å². The van der Waals surface area contributed by atoms with Gasteiger partial charge < -0.3 is 0 Å². The largest absolute Gasteiger partial charge is 0.294 e. The van der Waals surface area contributed by atoms with E-state index in [9.17, 15) is 0 Å². The van der Waals surface area contributed by atoms with E-state index in [2.05, 4.69) is 30.6 Å². The summed E-state index contributed by atoms with van der Waals surface area (Å²) in [5, 5.41) is 0. The highest BCUT2D eigenvalue weighted by Gasteiger charge is 2.45. The van der Waals surface area contributed by atoms with Crippen LogP contribution in [-0.2, 0) is 0 Å². The fraction of sp³-hybridized carbons (Fsp3) is 0.692. The third kappa shape index (κ3) is 2.09. The van der Waals surface area contributed by atoms with Crippen LogP contribution in [0.3, 0.4) is 0 Å². The maximum Gasteiger partial charge on any atom is 0.0396 e. The summed E-state index contributed by atoms with van der Waals surface area (Å²) in [6.07, 6.45) is 11.5. The molecule has 0 amide bonds. The molecule has 1 heteroatoms. The number of nitrogens with zero attached hydrogens (tertiary/aromatic N) is 1. The third-order valence-electron chi connectivity index (χ3n) is 3.43. The van der Waals surface area contributed by atoms with Crippen molar-refractivity contribution in [3.05, 3.63) is 24.3 Å². The minimum Gasteiger partial charge on any atom is -0.294 e. The molecule has 78 valence electrons. The lowest BCUT2D eigenvalue weighted by atomic mass is 10.1. The van der Waals surface area contributed by atoms with Gasteiger partial charge in [-0.3, -0.25) is 4.90 Å². The van der Waals surface area contributed by atoms with Crippen molar-refractivity contribution in [1.29, 1.82) is 0 Å². The molecule has 1 nitrogen and oxygen atoms in total. The van der Waals surface area contributed by atoms with Crippen molar-refractivity contribution in [3.63, 3.8) is 0 Å². The highest BCUT2D eigenvalue weighted by molar-refractivity contribution is 5.24. The molecule has 1 saturated heterocycles. The molecule has 0 spiro atoms. The standard InChI is InChI=1S/C13H21N/c1-12(2)6-7-13(8-9-13)14-10-4-3-5-11-14/h6-7H,1,3-5,8-11H2,2H3/b7-6-. The van der Waals surface area contributed by atoms with E-state index in [1.54, 1.807) is 0 Å². The minimum atomic E-state index is 0.444. The van der Waals surface area contributed by atoms with E-state index in [1.165, 1.54) is 50.8 Å². The number of hydrogen-bond acceptors (Lipinski definition) is 1. The van der Waals surface area contributed by atoms with Crippen molar-refractivity contribution >= 4 is 0 Å². The molecular formula is C13H21N. The van der Waals surface area contributed by atoms with Gasteiger partial charge in [-0.1, -0.05) is 30.7 Å². The molecule has 2 fully saturated rings.